The number of anilines is 1. The van der Waals surface area contributed by atoms with Crippen molar-refractivity contribution >= 4 is 27.5 Å². The molecule has 0 atom stereocenters. The third kappa shape index (κ3) is 3.29. The summed E-state index contributed by atoms with van der Waals surface area (Å²) in [7, 11) is 0. The lowest BCUT2D eigenvalue weighted by Crippen LogP contribution is -2.48. The summed E-state index contributed by atoms with van der Waals surface area (Å²) in [5.41, 5.74) is -1.35. The molecule has 110 valence electrons. The number of aromatic nitrogens is 1. The van der Waals surface area contributed by atoms with Gasteiger partial charge in [0.15, 0.2) is 0 Å². The van der Waals surface area contributed by atoms with Gasteiger partial charge in [0.25, 0.3) is 5.78 Å². The van der Waals surface area contributed by atoms with E-state index in [9.17, 15) is 23.1 Å². The molecule has 2 N–H and O–H groups in total. The number of carbonyl (C=O) groups is 1. The van der Waals surface area contributed by atoms with Crippen LogP contribution in [0.15, 0.2) is 16.7 Å². The first-order chi connectivity index (χ1) is 9.08. The fourth-order valence-corrected chi connectivity index (χ4v) is 2.51. The highest BCUT2D eigenvalue weighted by molar-refractivity contribution is 9.10. The highest BCUT2D eigenvalue weighted by Gasteiger charge is 2.43. The second-order valence-corrected chi connectivity index (χ2v) is 6.04. The van der Waals surface area contributed by atoms with Crippen LogP contribution in [0, 0.1) is 0 Å². The van der Waals surface area contributed by atoms with Gasteiger partial charge in [0.05, 0.1) is 11.2 Å². The van der Waals surface area contributed by atoms with E-state index in [1.807, 2.05) is 0 Å². The minimum Gasteiger partial charge on any atom is -0.390 e. The summed E-state index contributed by atoms with van der Waals surface area (Å²) in [4.78, 5) is 15.2. The molecule has 0 saturated heterocycles. The van der Waals surface area contributed by atoms with Gasteiger partial charge in [-0.05, 0) is 41.8 Å². The first-order valence-corrected chi connectivity index (χ1v) is 6.64. The number of halogens is 4. The highest BCUT2D eigenvalue weighted by Crippen LogP contribution is 2.35. The molecule has 0 unspecified atom stereocenters. The molecular weight excluding hydrogens is 341 g/mol. The number of rotatable bonds is 3. The molecule has 1 saturated carbocycles. The van der Waals surface area contributed by atoms with Crippen molar-refractivity contribution in [3.05, 3.63) is 22.3 Å². The van der Waals surface area contributed by atoms with Crippen molar-refractivity contribution in [2.45, 2.75) is 37.6 Å². The Balaban J connectivity index is 2.23. The second kappa shape index (κ2) is 5.00. The van der Waals surface area contributed by atoms with Crippen LogP contribution in [0.4, 0.5) is 19.0 Å². The molecule has 1 aromatic rings. The summed E-state index contributed by atoms with van der Waals surface area (Å²) in [6.45, 7) is 1.64. The Morgan fingerprint density at radius 1 is 1.55 bits per heavy atom. The predicted octanol–water partition coefficient (Wildman–Crippen LogP) is 2.91. The van der Waals surface area contributed by atoms with E-state index < -0.39 is 23.1 Å². The van der Waals surface area contributed by atoms with Crippen LogP contribution in [-0.4, -0.2) is 33.7 Å². The molecule has 0 aliphatic heterocycles. The van der Waals surface area contributed by atoms with E-state index in [0.717, 1.165) is 6.07 Å². The monoisotopic (exact) mass is 352 g/mol. The number of hydrogen-bond donors (Lipinski definition) is 2. The number of Topliss-reactive ketones (excluding diaryl/α,β-unsaturated/α-hetero) is 1. The molecule has 0 amide bonds. The van der Waals surface area contributed by atoms with Gasteiger partial charge < -0.3 is 10.4 Å². The van der Waals surface area contributed by atoms with E-state index >= 15 is 0 Å². The molecule has 4 nitrogen and oxygen atoms in total. The molecule has 8 heteroatoms. The van der Waals surface area contributed by atoms with E-state index in [2.05, 4.69) is 26.2 Å². The SMILES string of the molecule is C[C@]1(O)C[C@@H](Nc2ncc(Br)cc2C(=O)C(F)(F)F)C1. The molecule has 2 rings (SSSR count). The van der Waals surface area contributed by atoms with Gasteiger partial charge in [-0.2, -0.15) is 13.2 Å². The van der Waals surface area contributed by atoms with Crippen molar-refractivity contribution in [3.63, 3.8) is 0 Å². The number of ketones is 1. The number of aliphatic hydroxyl groups is 1. The van der Waals surface area contributed by atoms with Gasteiger partial charge in [-0.15, -0.1) is 0 Å². The molecule has 1 heterocycles. The van der Waals surface area contributed by atoms with Crippen molar-refractivity contribution in [1.29, 1.82) is 0 Å². The lowest BCUT2D eigenvalue weighted by Gasteiger charge is -2.41. The predicted molar refractivity (Wildman–Crippen MR) is 69.6 cm³/mol. The Bertz CT molecular complexity index is 538. The minimum absolute atomic E-state index is 0.115. The number of alkyl halides is 3. The number of hydrogen-bond acceptors (Lipinski definition) is 4. The first-order valence-electron chi connectivity index (χ1n) is 5.84. The maximum absolute atomic E-state index is 12.5. The van der Waals surface area contributed by atoms with Crippen molar-refractivity contribution < 1.29 is 23.1 Å². The summed E-state index contributed by atoms with van der Waals surface area (Å²) in [5.74, 6) is -2.06. The van der Waals surface area contributed by atoms with Gasteiger partial charge in [0, 0.05) is 16.7 Å². The average Bonchev–Trinajstić information content (AvgIpc) is 2.26. The normalized spacial score (nSPS) is 26.0. The summed E-state index contributed by atoms with van der Waals surface area (Å²) in [5, 5.41) is 12.4. The summed E-state index contributed by atoms with van der Waals surface area (Å²) >= 11 is 3.00. The van der Waals surface area contributed by atoms with Crippen molar-refractivity contribution in [3.8, 4) is 0 Å². The van der Waals surface area contributed by atoms with Crippen LogP contribution in [0.3, 0.4) is 0 Å². The number of carbonyl (C=O) groups excluding carboxylic acids is 1. The molecule has 0 radical (unpaired) electrons. The van der Waals surface area contributed by atoms with Gasteiger partial charge in [-0.25, -0.2) is 4.98 Å². The van der Waals surface area contributed by atoms with Gasteiger partial charge in [-0.3, -0.25) is 4.79 Å². The highest BCUT2D eigenvalue weighted by atomic mass is 79.9. The smallest absolute Gasteiger partial charge is 0.390 e. The maximum Gasteiger partial charge on any atom is 0.455 e. The van der Waals surface area contributed by atoms with Crippen LogP contribution in [-0.2, 0) is 0 Å². The third-order valence-corrected chi connectivity index (χ3v) is 3.50. The number of pyridine rings is 1. The van der Waals surface area contributed by atoms with E-state index in [1.165, 1.54) is 6.20 Å². The molecule has 20 heavy (non-hydrogen) atoms. The van der Waals surface area contributed by atoms with E-state index in [0.29, 0.717) is 12.8 Å². The zero-order valence-corrected chi connectivity index (χ0v) is 12.0. The molecule has 0 spiro atoms. The van der Waals surface area contributed by atoms with E-state index in [-0.39, 0.29) is 16.3 Å². The summed E-state index contributed by atoms with van der Waals surface area (Å²) in [6.07, 6.45) is -2.86. The zero-order chi connectivity index (χ0) is 15.1. The Morgan fingerprint density at radius 2 is 2.15 bits per heavy atom. The molecular formula is C12H12BrF3N2O2. The molecule has 1 aliphatic rings. The van der Waals surface area contributed by atoms with Crippen molar-refractivity contribution in [1.82, 2.24) is 4.98 Å². The second-order valence-electron chi connectivity index (χ2n) is 5.12. The summed E-state index contributed by atoms with van der Waals surface area (Å²) in [6, 6.07) is 0.889. The van der Waals surface area contributed by atoms with Gasteiger partial charge >= 0.3 is 6.18 Å². The van der Waals surface area contributed by atoms with Crippen LogP contribution < -0.4 is 5.32 Å². The van der Waals surface area contributed by atoms with Gasteiger partial charge in [0.2, 0.25) is 0 Å². The Kier molecular flexibility index (Phi) is 3.81. The molecule has 1 aliphatic carbocycles. The van der Waals surface area contributed by atoms with Crippen LogP contribution in [0.1, 0.15) is 30.1 Å². The Labute approximate surface area is 121 Å². The van der Waals surface area contributed by atoms with Crippen LogP contribution in [0.2, 0.25) is 0 Å². The van der Waals surface area contributed by atoms with E-state index in [4.69, 9.17) is 0 Å². The van der Waals surface area contributed by atoms with E-state index in [1.54, 1.807) is 6.92 Å². The van der Waals surface area contributed by atoms with Crippen molar-refractivity contribution in [2.24, 2.45) is 0 Å². The lowest BCUT2D eigenvalue weighted by atomic mass is 9.77. The fraction of sp³-hybridized carbons (Fsp3) is 0.500. The number of nitrogens with one attached hydrogen (secondary N) is 1. The maximum atomic E-state index is 12.5. The molecule has 0 aromatic carbocycles. The van der Waals surface area contributed by atoms with Crippen LogP contribution in [0.5, 0.6) is 0 Å². The van der Waals surface area contributed by atoms with Crippen LogP contribution in [0.25, 0.3) is 0 Å². The molecule has 1 fully saturated rings. The quantitative estimate of drug-likeness (QED) is 0.821. The minimum atomic E-state index is -4.95. The fourth-order valence-electron chi connectivity index (χ4n) is 2.18. The third-order valence-electron chi connectivity index (χ3n) is 3.07. The first kappa shape index (κ1) is 15.2. The van der Waals surface area contributed by atoms with Gasteiger partial charge in [0.1, 0.15) is 5.82 Å². The lowest BCUT2D eigenvalue weighted by molar-refractivity contribution is -0.0885. The van der Waals surface area contributed by atoms with Crippen molar-refractivity contribution in [2.75, 3.05) is 5.32 Å². The Hall–Kier alpha value is -1.15. The molecule has 1 aromatic heterocycles. The average molecular weight is 353 g/mol. The van der Waals surface area contributed by atoms with Gasteiger partial charge in [-0.1, -0.05) is 0 Å². The molecule has 0 bridgehead atoms. The topological polar surface area (TPSA) is 62.2 Å². The van der Waals surface area contributed by atoms with Crippen LogP contribution >= 0.6 is 15.9 Å². The standard InChI is InChI=1S/C12H12BrF3N2O2/c1-11(20)3-7(4-11)18-10-8(2-6(13)5-17-10)9(19)12(14,15)16/h2,5,7,20H,3-4H2,1H3,(H,17,18)/t7-,11+. The number of nitrogens with zero attached hydrogens (tertiary/aromatic N) is 1. The summed E-state index contributed by atoms with van der Waals surface area (Å²) < 4.78 is 37.9. The largest absolute Gasteiger partial charge is 0.455 e. The Morgan fingerprint density at radius 3 is 2.65 bits per heavy atom. The zero-order valence-electron chi connectivity index (χ0n) is 10.5.